The number of carbonyl (C=O) groups is 1. The summed E-state index contributed by atoms with van der Waals surface area (Å²) in [6, 6.07) is 4.08. The van der Waals surface area contributed by atoms with Gasteiger partial charge in [0.2, 0.25) is 0 Å². The molecule has 0 saturated carbocycles. The van der Waals surface area contributed by atoms with Gasteiger partial charge in [-0.05, 0) is 23.6 Å². The molecule has 0 aliphatic carbocycles. The summed E-state index contributed by atoms with van der Waals surface area (Å²) in [5.74, 6) is 0.206. The van der Waals surface area contributed by atoms with Gasteiger partial charge in [0, 0.05) is 49.7 Å². The largest absolute Gasteiger partial charge is 0.466 e. The van der Waals surface area contributed by atoms with Crippen LogP contribution in [0.1, 0.15) is 26.7 Å². The fraction of sp³-hybridized carbons (Fsp3) is 0.389. The fourth-order valence-corrected chi connectivity index (χ4v) is 2.53. The fourth-order valence-electron chi connectivity index (χ4n) is 2.53. The Morgan fingerprint density at radius 1 is 1.29 bits per heavy atom. The number of hydrogen-bond acceptors (Lipinski definition) is 4. The minimum absolute atomic E-state index is 0.126. The van der Waals surface area contributed by atoms with E-state index in [9.17, 15) is 4.79 Å². The summed E-state index contributed by atoms with van der Waals surface area (Å²) in [4.78, 5) is 15.8. The van der Waals surface area contributed by atoms with Crippen molar-refractivity contribution in [1.29, 1.82) is 0 Å². The molecule has 0 spiro atoms. The van der Waals surface area contributed by atoms with Crippen LogP contribution in [0.15, 0.2) is 43.1 Å². The number of aromatic nitrogens is 4. The molecule has 0 fully saturated rings. The van der Waals surface area contributed by atoms with Crippen molar-refractivity contribution < 1.29 is 9.53 Å². The van der Waals surface area contributed by atoms with Gasteiger partial charge in [-0.15, -0.1) is 0 Å². The highest BCUT2D eigenvalue weighted by molar-refractivity contribution is 5.69. The van der Waals surface area contributed by atoms with E-state index in [1.165, 1.54) is 0 Å². The van der Waals surface area contributed by atoms with Crippen molar-refractivity contribution in [1.82, 2.24) is 19.2 Å². The number of fused-ring (bicyclic) bond motifs is 1. The van der Waals surface area contributed by atoms with Gasteiger partial charge in [-0.25, -0.2) is 4.98 Å². The van der Waals surface area contributed by atoms with Crippen LogP contribution in [-0.4, -0.2) is 31.7 Å². The Morgan fingerprint density at radius 2 is 2.17 bits per heavy atom. The van der Waals surface area contributed by atoms with E-state index in [0.29, 0.717) is 18.9 Å². The van der Waals surface area contributed by atoms with Crippen molar-refractivity contribution in [2.24, 2.45) is 5.92 Å². The smallest absolute Gasteiger partial charge is 0.306 e. The maximum absolute atomic E-state index is 11.5. The van der Waals surface area contributed by atoms with Crippen LogP contribution in [0.3, 0.4) is 0 Å². The first-order chi connectivity index (χ1) is 11.6. The average molecular weight is 326 g/mol. The Hall–Kier alpha value is -2.63. The summed E-state index contributed by atoms with van der Waals surface area (Å²) in [6.07, 6.45) is 10.8. The molecule has 3 aromatic heterocycles. The average Bonchev–Trinajstić information content (AvgIpc) is 3.19. The summed E-state index contributed by atoms with van der Waals surface area (Å²) >= 11 is 0. The number of nitrogens with zero attached hydrogens (tertiary/aromatic N) is 4. The third-order valence-electron chi connectivity index (χ3n) is 3.73. The molecular weight excluding hydrogens is 304 g/mol. The van der Waals surface area contributed by atoms with Gasteiger partial charge < -0.3 is 9.14 Å². The number of aryl methyl sites for hydroxylation is 1. The zero-order valence-corrected chi connectivity index (χ0v) is 14.1. The Bertz CT molecular complexity index is 819. The predicted molar refractivity (Wildman–Crippen MR) is 91.4 cm³/mol. The van der Waals surface area contributed by atoms with Gasteiger partial charge in [0.05, 0.1) is 12.8 Å². The van der Waals surface area contributed by atoms with E-state index >= 15 is 0 Å². The van der Waals surface area contributed by atoms with E-state index in [0.717, 1.165) is 29.7 Å². The molecule has 0 aliphatic heterocycles. The Balaban J connectivity index is 1.53. The molecule has 0 amide bonds. The first-order valence-corrected chi connectivity index (χ1v) is 8.23. The van der Waals surface area contributed by atoms with Gasteiger partial charge in [0.25, 0.3) is 0 Å². The van der Waals surface area contributed by atoms with Crippen molar-refractivity contribution in [3.05, 3.63) is 43.1 Å². The first-order valence-electron chi connectivity index (χ1n) is 8.23. The van der Waals surface area contributed by atoms with Crippen molar-refractivity contribution in [2.45, 2.75) is 33.2 Å². The SMILES string of the molecule is CC(C)CC(=O)OCCCn1cc(-c2ccn3ccnc3c2)cn1. The highest BCUT2D eigenvalue weighted by Crippen LogP contribution is 2.19. The number of rotatable bonds is 7. The molecule has 0 radical (unpaired) electrons. The quantitative estimate of drug-likeness (QED) is 0.494. The third kappa shape index (κ3) is 4.01. The minimum Gasteiger partial charge on any atom is -0.466 e. The minimum atomic E-state index is -0.126. The van der Waals surface area contributed by atoms with Crippen molar-refractivity contribution >= 4 is 11.6 Å². The molecule has 0 aromatic carbocycles. The molecule has 0 bridgehead atoms. The van der Waals surface area contributed by atoms with Crippen LogP contribution >= 0.6 is 0 Å². The molecule has 126 valence electrons. The van der Waals surface area contributed by atoms with Gasteiger partial charge in [-0.2, -0.15) is 5.10 Å². The van der Waals surface area contributed by atoms with E-state index in [1.807, 2.05) is 59.9 Å². The van der Waals surface area contributed by atoms with Gasteiger partial charge in [0.1, 0.15) is 5.65 Å². The van der Waals surface area contributed by atoms with Crippen LogP contribution in [0.4, 0.5) is 0 Å². The Morgan fingerprint density at radius 3 is 3.00 bits per heavy atom. The standard InChI is InChI=1S/C18H22N4O2/c1-14(2)10-18(23)24-9-3-6-22-13-16(12-20-22)15-4-7-21-8-5-19-17(21)11-15/h4-5,7-8,11-14H,3,6,9-10H2,1-2H3. The van der Waals surface area contributed by atoms with Crippen molar-refractivity contribution in [2.75, 3.05) is 6.61 Å². The molecule has 24 heavy (non-hydrogen) atoms. The van der Waals surface area contributed by atoms with Crippen LogP contribution in [0.2, 0.25) is 0 Å². The Labute approximate surface area is 141 Å². The molecule has 0 unspecified atom stereocenters. The normalized spacial score (nSPS) is 11.3. The topological polar surface area (TPSA) is 61.4 Å². The summed E-state index contributed by atoms with van der Waals surface area (Å²) in [7, 11) is 0. The van der Waals surface area contributed by atoms with Gasteiger partial charge in [-0.1, -0.05) is 13.8 Å². The highest BCUT2D eigenvalue weighted by atomic mass is 16.5. The number of hydrogen-bond donors (Lipinski definition) is 0. The molecule has 0 N–H and O–H groups in total. The number of imidazole rings is 1. The number of pyridine rings is 1. The second-order valence-electron chi connectivity index (χ2n) is 6.27. The molecular formula is C18H22N4O2. The molecule has 3 heterocycles. The lowest BCUT2D eigenvalue weighted by molar-refractivity contribution is -0.144. The maximum Gasteiger partial charge on any atom is 0.306 e. The summed E-state index contributed by atoms with van der Waals surface area (Å²) in [6.45, 7) is 5.17. The molecule has 6 nitrogen and oxygen atoms in total. The molecule has 3 rings (SSSR count). The number of esters is 1. The van der Waals surface area contributed by atoms with Crippen LogP contribution in [0.25, 0.3) is 16.8 Å². The lowest BCUT2D eigenvalue weighted by Gasteiger charge is -2.06. The third-order valence-corrected chi connectivity index (χ3v) is 3.73. The second kappa shape index (κ2) is 7.29. The summed E-state index contributed by atoms with van der Waals surface area (Å²) < 4.78 is 9.06. The van der Waals surface area contributed by atoms with Crippen LogP contribution in [0, 0.1) is 5.92 Å². The Kier molecular flexibility index (Phi) is 4.93. The van der Waals surface area contributed by atoms with E-state index < -0.39 is 0 Å². The van der Waals surface area contributed by atoms with Crippen LogP contribution < -0.4 is 0 Å². The first kappa shape index (κ1) is 16.2. The predicted octanol–water partition coefficient (Wildman–Crippen LogP) is 3.18. The van der Waals surface area contributed by atoms with Crippen LogP contribution in [0.5, 0.6) is 0 Å². The lowest BCUT2D eigenvalue weighted by Crippen LogP contribution is -2.10. The van der Waals surface area contributed by atoms with Gasteiger partial charge in [-0.3, -0.25) is 9.48 Å². The van der Waals surface area contributed by atoms with E-state index in [-0.39, 0.29) is 5.97 Å². The molecule has 0 aliphatic rings. The number of carbonyl (C=O) groups excluding carboxylic acids is 1. The molecule has 3 aromatic rings. The van der Waals surface area contributed by atoms with Crippen molar-refractivity contribution in [3.63, 3.8) is 0 Å². The zero-order chi connectivity index (χ0) is 16.9. The van der Waals surface area contributed by atoms with Gasteiger partial charge in [0.15, 0.2) is 0 Å². The molecule has 0 saturated heterocycles. The highest BCUT2D eigenvalue weighted by Gasteiger charge is 2.06. The monoisotopic (exact) mass is 326 g/mol. The maximum atomic E-state index is 11.5. The summed E-state index contributed by atoms with van der Waals surface area (Å²) in [5, 5.41) is 4.37. The summed E-state index contributed by atoms with van der Waals surface area (Å²) in [5.41, 5.74) is 3.05. The molecule has 0 atom stereocenters. The number of ether oxygens (including phenoxy) is 1. The van der Waals surface area contributed by atoms with E-state index in [2.05, 4.69) is 10.1 Å². The zero-order valence-electron chi connectivity index (χ0n) is 14.1. The van der Waals surface area contributed by atoms with E-state index in [1.54, 1.807) is 6.20 Å². The van der Waals surface area contributed by atoms with E-state index in [4.69, 9.17) is 4.74 Å². The van der Waals surface area contributed by atoms with Gasteiger partial charge >= 0.3 is 5.97 Å². The lowest BCUT2D eigenvalue weighted by atomic mass is 10.1. The molecule has 6 heteroatoms. The second-order valence-corrected chi connectivity index (χ2v) is 6.27. The van der Waals surface area contributed by atoms with Crippen LogP contribution in [-0.2, 0) is 16.1 Å². The van der Waals surface area contributed by atoms with Crippen molar-refractivity contribution in [3.8, 4) is 11.1 Å².